The molecule has 0 amide bonds. The van der Waals surface area contributed by atoms with Crippen LogP contribution in [0, 0.1) is 0 Å². The molecule has 0 heterocycles. The molecular weight excluding hydrogens is 141 g/mol. The molecule has 0 radical (unpaired) electrons. The fourth-order valence-corrected chi connectivity index (χ4v) is 0. The molecular formula is C3H8ClGa. The molecule has 0 rings (SSSR count). The second-order valence-corrected chi connectivity index (χ2v) is 7.23. The first kappa shape index (κ1) is 5.93. The molecule has 0 aliphatic heterocycles. The van der Waals surface area contributed by atoms with E-state index in [0.717, 1.165) is 4.47 Å². The van der Waals surface area contributed by atoms with Gasteiger partial charge in [0.25, 0.3) is 0 Å². The Morgan fingerprint density at radius 1 is 1.60 bits per heavy atom. The van der Waals surface area contributed by atoms with Gasteiger partial charge in [0.15, 0.2) is 0 Å². The van der Waals surface area contributed by atoms with Crippen molar-refractivity contribution in [3.8, 4) is 0 Å². The van der Waals surface area contributed by atoms with Crippen LogP contribution in [-0.2, 0) is 0 Å². The average molecular weight is 149 g/mol. The monoisotopic (exact) mass is 148 g/mol. The van der Waals surface area contributed by atoms with Crippen molar-refractivity contribution in [1.29, 1.82) is 0 Å². The molecule has 0 N–H and O–H groups in total. The Morgan fingerprint density at radius 2 is 1.80 bits per heavy atom. The minimum absolute atomic E-state index is 0.514. The summed E-state index contributed by atoms with van der Waals surface area (Å²) >= 11 is -0.514. The van der Waals surface area contributed by atoms with Crippen LogP contribution in [-0.4, -0.2) is 16.4 Å². The van der Waals surface area contributed by atoms with Crippen LogP contribution in [0.1, 0.15) is 13.8 Å². The normalized spacial score (nSPS) is 8.80. The summed E-state index contributed by atoms with van der Waals surface area (Å²) in [6, 6.07) is 0. The van der Waals surface area contributed by atoms with Gasteiger partial charge in [-0.1, -0.05) is 0 Å². The van der Waals surface area contributed by atoms with Crippen molar-refractivity contribution in [3.05, 3.63) is 0 Å². The summed E-state index contributed by atoms with van der Waals surface area (Å²) in [4.78, 5) is 0. The molecule has 2 heteroatoms. The van der Waals surface area contributed by atoms with E-state index in [4.69, 9.17) is 9.64 Å². The van der Waals surface area contributed by atoms with Gasteiger partial charge in [0.05, 0.1) is 0 Å². The Hall–Kier alpha value is 0.926. The topological polar surface area (TPSA) is 0 Å². The van der Waals surface area contributed by atoms with Crippen LogP contribution < -0.4 is 0 Å². The molecule has 0 atom stereocenters. The van der Waals surface area contributed by atoms with Crippen molar-refractivity contribution in [2.75, 3.05) is 0 Å². The van der Waals surface area contributed by atoms with Gasteiger partial charge in [-0.05, 0) is 0 Å². The van der Waals surface area contributed by atoms with Crippen molar-refractivity contribution < 1.29 is 0 Å². The molecule has 0 saturated carbocycles. The molecule has 0 aromatic rings. The average Bonchev–Trinajstić information content (AvgIpc) is 1.38. The quantitative estimate of drug-likeness (QED) is 0.494. The first-order valence-electron chi connectivity index (χ1n) is 1.83. The zero-order valence-corrected chi connectivity index (χ0v) is 7.39. The fourth-order valence-electron chi connectivity index (χ4n) is 0. The number of halogens is 1. The molecule has 0 aromatic heterocycles. The van der Waals surface area contributed by atoms with Gasteiger partial charge in [-0.15, -0.1) is 0 Å². The predicted molar refractivity (Wildman–Crippen MR) is 28.1 cm³/mol. The molecule has 0 fully saturated rings. The van der Waals surface area contributed by atoms with E-state index in [1.165, 1.54) is 0 Å². The predicted octanol–water partition coefficient (Wildman–Crippen LogP) is 1.41. The van der Waals surface area contributed by atoms with Gasteiger partial charge in [-0.2, -0.15) is 0 Å². The second kappa shape index (κ2) is 3.13. The van der Waals surface area contributed by atoms with E-state index in [1.807, 2.05) is 0 Å². The summed E-state index contributed by atoms with van der Waals surface area (Å²) in [5.41, 5.74) is 0. The molecule has 0 unspecified atom stereocenters. The van der Waals surface area contributed by atoms with E-state index in [-0.39, 0.29) is 0 Å². The third-order valence-corrected chi connectivity index (χ3v) is 4.81. The van der Waals surface area contributed by atoms with Gasteiger partial charge in [0, 0.05) is 0 Å². The van der Waals surface area contributed by atoms with Gasteiger partial charge < -0.3 is 0 Å². The van der Waals surface area contributed by atoms with Gasteiger partial charge in [-0.3, -0.25) is 0 Å². The Balaban J connectivity index is 2.54. The molecule has 0 aliphatic rings. The standard InChI is InChI=1S/C3H7.ClH.Ga.H/c1-3-2;;;/h3H,1-2H3;1H;;/q;;+1;/p-1. The molecule has 0 spiro atoms. The van der Waals surface area contributed by atoms with Gasteiger partial charge in [0.1, 0.15) is 0 Å². The van der Waals surface area contributed by atoms with E-state index in [2.05, 4.69) is 13.8 Å². The fraction of sp³-hybridized carbons (Fsp3) is 1.00. The van der Waals surface area contributed by atoms with Gasteiger partial charge >= 0.3 is 44.4 Å². The third kappa shape index (κ3) is 4.93. The Bertz CT molecular complexity index is 20.9. The zero-order chi connectivity index (χ0) is 4.28. The van der Waals surface area contributed by atoms with Crippen molar-refractivity contribution >= 4 is 26.0 Å². The second-order valence-electron chi connectivity index (χ2n) is 1.55. The molecule has 0 saturated heterocycles. The summed E-state index contributed by atoms with van der Waals surface area (Å²) in [6.07, 6.45) is 0. The van der Waals surface area contributed by atoms with E-state index in [0.29, 0.717) is 0 Å². The summed E-state index contributed by atoms with van der Waals surface area (Å²) in [7, 11) is 5.52. The van der Waals surface area contributed by atoms with Crippen molar-refractivity contribution in [1.82, 2.24) is 0 Å². The van der Waals surface area contributed by atoms with Crippen molar-refractivity contribution in [2.24, 2.45) is 0 Å². The first-order chi connectivity index (χ1) is 2.27. The molecule has 5 heavy (non-hydrogen) atoms. The summed E-state index contributed by atoms with van der Waals surface area (Å²) in [6.45, 7) is 4.35. The van der Waals surface area contributed by atoms with Gasteiger partial charge in [0.2, 0.25) is 0 Å². The van der Waals surface area contributed by atoms with Crippen molar-refractivity contribution in [3.63, 3.8) is 0 Å². The Labute approximate surface area is 44.7 Å². The zero-order valence-electron chi connectivity index (χ0n) is 3.66. The van der Waals surface area contributed by atoms with E-state index >= 15 is 0 Å². The Morgan fingerprint density at radius 3 is 1.80 bits per heavy atom. The van der Waals surface area contributed by atoms with Crippen LogP contribution in [0.5, 0.6) is 0 Å². The van der Waals surface area contributed by atoms with Crippen LogP contribution in [0.15, 0.2) is 0 Å². The number of hydrogen-bond donors (Lipinski definition) is 0. The molecule has 0 aliphatic carbocycles. The van der Waals surface area contributed by atoms with E-state index in [9.17, 15) is 0 Å². The van der Waals surface area contributed by atoms with Gasteiger partial charge in [-0.25, -0.2) is 0 Å². The maximum atomic E-state index is 5.52. The van der Waals surface area contributed by atoms with E-state index < -0.39 is 16.4 Å². The number of hydrogen-bond acceptors (Lipinski definition) is 0. The number of rotatable bonds is 1. The van der Waals surface area contributed by atoms with Crippen LogP contribution in [0.2, 0.25) is 4.47 Å². The van der Waals surface area contributed by atoms with Crippen LogP contribution in [0.3, 0.4) is 0 Å². The Kier molecular flexibility index (Phi) is 3.71. The summed E-state index contributed by atoms with van der Waals surface area (Å²) in [5, 5.41) is 0. The SMILES string of the molecule is C[CH](C)[GaH][Cl]. The van der Waals surface area contributed by atoms with E-state index in [1.54, 1.807) is 0 Å². The van der Waals surface area contributed by atoms with Crippen LogP contribution in [0.4, 0.5) is 0 Å². The molecule has 0 aromatic carbocycles. The first-order valence-corrected chi connectivity index (χ1v) is 7.44. The third-order valence-electron chi connectivity index (χ3n) is 0.309. The maximum absolute atomic E-state index is 5.52. The van der Waals surface area contributed by atoms with Crippen molar-refractivity contribution in [2.45, 2.75) is 18.3 Å². The van der Waals surface area contributed by atoms with Crippen LogP contribution >= 0.6 is 9.64 Å². The molecule has 0 bridgehead atoms. The summed E-state index contributed by atoms with van der Waals surface area (Å²) < 4.78 is 0.837. The van der Waals surface area contributed by atoms with Crippen LogP contribution in [0.25, 0.3) is 0 Å². The summed E-state index contributed by atoms with van der Waals surface area (Å²) in [5.74, 6) is 0. The molecule has 0 nitrogen and oxygen atoms in total. The molecule has 30 valence electrons. The minimum atomic E-state index is -0.514.